The van der Waals surface area contributed by atoms with Crippen molar-refractivity contribution in [2.75, 3.05) is 12.1 Å². The number of hydrogen-bond acceptors (Lipinski definition) is 7. The average Bonchev–Trinajstić information content (AvgIpc) is 3.53. The minimum Gasteiger partial charge on any atom is -0.454 e. The molecule has 7 nitrogen and oxygen atoms in total. The van der Waals surface area contributed by atoms with Crippen LogP contribution in [0.1, 0.15) is 17.9 Å². The summed E-state index contributed by atoms with van der Waals surface area (Å²) in [5.74, 6) is 2.52. The molecule has 2 aromatic carbocycles. The normalized spacial score (nSPS) is 12.2. The van der Waals surface area contributed by atoms with Crippen molar-refractivity contribution in [3.8, 4) is 34.1 Å². The van der Waals surface area contributed by atoms with Crippen molar-refractivity contribution in [2.45, 2.75) is 19.8 Å². The molecule has 0 fully saturated rings. The average molecular weight is 433 g/mol. The number of oxazole rings is 1. The predicted octanol–water partition coefficient (Wildman–Crippen LogP) is 5.07. The van der Waals surface area contributed by atoms with Crippen LogP contribution in [0.25, 0.3) is 22.6 Å². The second-order valence-corrected chi connectivity index (χ2v) is 8.00. The van der Waals surface area contributed by atoms with Crippen molar-refractivity contribution < 1.29 is 18.7 Å². The van der Waals surface area contributed by atoms with E-state index in [1.54, 1.807) is 6.20 Å². The van der Waals surface area contributed by atoms with Gasteiger partial charge in [0.05, 0.1) is 11.9 Å². The summed E-state index contributed by atoms with van der Waals surface area (Å²) in [6.07, 6.45) is 2.36. The lowest BCUT2D eigenvalue weighted by Crippen LogP contribution is -2.12. The number of ether oxygens (including phenoxy) is 2. The Hall–Kier alpha value is -3.65. The fourth-order valence-corrected chi connectivity index (χ4v) is 3.93. The maximum absolute atomic E-state index is 12.3. The van der Waals surface area contributed by atoms with E-state index >= 15 is 0 Å². The highest BCUT2D eigenvalue weighted by Gasteiger charge is 2.16. The summed E-state index contributed by atoms with van der Waals surface area (Å²) in [5, 5.41) is 5.29. The van der Waals surface area contributed by atoms with Crippen molar-refractivity contribution in [1.82, 2.24) is 9.97 Å². The third-order valence-electron chi connectivity index (χ3n) is 4.87. The van der Waals surface area contributed by atoms with Gasteiger partial charge >= 0.3 is 0 Å². The fraction of sp³-hybridized carbons (Fsp3) is 0.174. The van der Waals surface area contributed by atoms with E-state index < -0.39 is 0 Å². The molecule has 0 bridgehead atoms. The molecule has 4 aromatic rings. The second-order valence-electron chi connectivity index (χ2n) is 7.14. The number of thiazole rings is 1. The van der Waals surface area contributed by atoms with Crippen LogP contribution < -0.4 is 14.8 Å². The van der Waals surface area contributed by atoms with Gasteiger partial charge in [-0.25, -0.2) is 9.97 Å². The van der Waals surface area contributed by atoms with E-state index in [0.29, 0.717) is 29.0 Å². The molecule has 0 saturated heterocycles. The number of amides is 1. The molecule has 3 heterocycles. The first kappa shape index (κ1) is 19.3. The smallest absolute Gasteiger partial charge is 0.231 e. The largest absolute Gasteiger partial charge is 0.454 e. The number of aryl methyl sites for hydroxylation is 2. The number of aromatic nitrogens is 2. The maximum Gasteiger partial charge on any atom is 0.231 e. The van der Waals surface area contributed by atoms with E-state index in [1.807, 2.05) is 54.8 Å². The molecule has 0 atom stereocenters. The summed E-state index contributed by atoms with van der Waals surface area (Å²) in [4.78, 5) is 21.1. The lowest BCUT2D eigenvalue weighted by atomic mass is 10.1. The molecule has 156 valence electrons. The van der Waals surface area contributed by atoms with Gasteiger partial charge < -0.3 is 19.2 Å². The summed E-state index contributed by atoms with van der Waals surface area (Å²) < 4.78 is 16.5. The first-order valence-corrected chi connectivity index (χ1v) is 10.7. The van der Waals surface area contributed by atoms with Gasteiger partial charge in [-0.1, -0.05) is 29.8 Å². The van der Waals surface area contributed by atoms with Gasteiger partial charge in [0.25, 0.3) is 0 Å². The molecule has 0 unspecified atom stereocenters. The Bertz CT molecular complexity index is 1230. The highest BCUT2D eigenvalue weighted by Crippen LogP contribution is 2.36. The molecular weight excluding hydrogens is 414 g/mol. The Morgan fingerprint density at radius 2 is 1.90 bits per heavy atom. The van der Waals surface area contributed by atoms with Crippen LogP contribution in [0.2, 0.25) is 0 Å². The van der Waals surface area contributed by atoms with E-state index in [2.05, 4.69) is 15.3 Å². The van der Waals surface area contributed by atoms with Gasteiger partial charge in [0.15, 0.2) is 28.3 Å². The van der Waals surface area contributed by atoms with Crippen LogP contribution in [0.3, 0.4) is 0 Å². The second kappa shape index (κ2) is 8.23. The monoisotopic (exact) mass is 433 g/mol. The highest BCUT2D eigenvalue weighted by atomic mass is 32.1. The fourth-order valence-electron chi connectivity index (χ4n) is 3.20. The van der Waals surface area contributed by atoms with Crippen LogP contribution in [-0.4, -0.2) is 22.7 Å². The summed E-state index contributed by atoms with van der Waals surface area (Å²) in [6.45, 7) is 2.27. The number of rotatable bonds is 6. The summed E-state index contributed by atoms with van der Waals surface area (Å²) in [5.41, 5.74) is 3.83. The predicted molar refractivity (Wildman–Crippen MR) is 117 cm³/mol. The van der Waals surface area contributed by atoms with E-state index in [1.165, 1.54) is 16.9 Å². The summed E-state index contributed by atoms with van der Waals surface area (Å²) in [6, 6.07) is 13.7. The highest BCUT2D eigenvalue weighted by molar-refractivity contribution is 7.14. The third kappa shape index (κ3) is 4.29. The van der Waals surface area contributed by atoms with Gasteiger partial charge in [-0.05, 0) is 25.1 Å². The number of carbonyl (C=O) groups excluding carboxylic acids is 1. The molecule has 0 aliphatic carbocycles. The van der Waals surface area contributed by atoms with Crippen LogP contribution in [0.4, 0.5) is 5.13 Å². The molecule has 1 amide bonds. The molecule has 31 heavy (non-hydrogen) atoms. The minimum atomic E-state index is -0.137. The van der Waals surface area contributed by atoms with Gasteiger partial charge in [-0.3, -0.25) is 4.79 Å². The minimum absolute atomic E-state index is 0.137. The molecular formula is C23H19N3O4S. The SMILES string of the molecule is Cc1ccc(-c2cnc(CCC(=O)Nc3nc(-c4ccc5c(c4)OCO5)cs3)o2)cc1. The zero-order valence-electron chi connectivity index (χ0n) is 16.8. The van der Waals surface area contributed by atoms with Crippen LogP contribution >= 0.6 is 11.3 Å². The van der Waals surface area contributed by atoms with Crippen LogP contribution in [0.15, 0.2) is 58.5 Å². The van der Waals surface area contributed by atoms with Gasteiger partial charge in [0, 0.05) is 29.3 Å². The number of nitrogens with zero attached hydrogens (tertiary/aromatic N) is 2. The zero-order valence-corrected chi connectivity index (χ0v) is 17.6. The van der Waals surface area contributed by atoms with Crippen LogP contribution in [0, 0.1) is 6.92 Å². The Labute approximate surface area is 182 Å². The van der Waals surface area contributed by atoms with Gasteiger partial charge in [-0.15, -0.1) is 11.3 Å². The third-order valence-corrected chi connectivity index (χ3v) is 5.63. The van der Waals surface area contributed by atoms with Crippen molar-refractivity contribution >= 4 is 22.4 Å². The molecule has 0 saturated carbocycles. The van der Waals surface area contributed by atoms with Crippen LogP contribution in [-0.2, 0) is 11.2 Å². The molecule has 5 rings (SSSR count). The number of fused-ring (bicyclic) bond motifs is 1. The molecule has 1 aliphatic heterocycles. The van der Waals surface area contributed by atoms with Crippen molar-refractivity contribution in [3.63, 3.8) is 0 Å². The molecule has 8 heteroatoms. The standard InChI is InChI=1S/C23H19N3O4S/c1-14-2-4-15(5-3-14)20-11-24-22(30-20)9-8-21(27)26-23-25-17(12-31-23)16-6-7-18-19(10-16)29-13-28-18/h2-7,10-12H,8-9,13H2,1H3,(H,25,26,27). The van der Waals surface area contributed by atoms with E-state index in [-0.39, 0.29) is 19.1 Å². The van der Waals surface area contributed by atoms with Gasteiger partial charge in [0.2, 0.25) is 12.7 Å². The van der Waals surface area contributed by atoms with Crippen molar-refractivity contribution in [3.05, 3.63) is 65.5 Å². The van der Waals surface area contributed by atoms with E-state index in [4.69, 9.17) is 13.9 Å². The first-order chi connectivity index (χ1) is 15.1. The molecule has 1 aliphatic rings. The zero-order chi connectivity index (χ0) is 21.2. The van der Waals surface area contributed by atoms with Gasteiger partial charge in [0.1, 0.15) is 0 Å². The number of carbonyl (C=O) groups is 1. The number of hydrogen-bond donors (Lipinski definition) is 1. The Kier molecular flexibility index (Phi) is 5.13. The quantitative estimate of drug-likeness (QED) is 0.457. The number of anilines is 1. The van der Waals surface area contributed by atoms with Crippen molar-refractivity contribution in [1.29, 1.82) is 0 Å². The van der Waals surface area contributed by atoms with E-state index in [0.717, 1.165) is 22.6 Å². The lowest BCUT2D eigenvalue weighted by molar-refractivity contribution is -0.116. The molecule has 2 aromatic heterocycles. The van der Waals surface area contributed by atoms with Crippen LogP contribution in [0.5, 0.6) is 11.5 Å². The molecule has 1 N–H and O–H groups in total. The Morgan fingerprint density at radius 1 is 1.10 bits per heavy atom. The topological polar surface area (TPSA) is 86.5 Å². The van der Waals surface area contributed by atoms with Crippen molar-refractivity contribution in [2.24, 2.45) is 0 Å². The number of benzene rings is 2. The first-order valence-electron chi connectivity index (χ1n) is 9.81. The van der Waals surface area contributed by atoms with E-state index in [9.17, 15) is 4.79 Å². The molecule has 0 spiro atoms. The lowest BCUT2D eigenvalue weighted by Gasteiger charge is -2.01. The molecule has 0 radical (unpaired) electrons. The van der Waals surface area contributed by atoms with Gasteiger partial charge in [-0.2, -0.15) is 0 Å². The maximum atomic E-state index is 12.3. The Balaban J connectivity index is 1.18. The number of nitrogens with one attached hydrogen (secondary N) is 1. The Morgan fingerprint density at radius 3 is 2.77 bits per heavy atom. The summed E-state index contributed by atoms with van der Waals surface area (Å²) >= 11 is 1.38. The summed E-state index contributed by atoms with van der Waals surface area (Å²) in [7, 11) is 0.